The first kappa shape index (κ1) is 13.3. The summed E-state index contributed by atoms with van der Waals surface area (Å²) in [6, 6.07) is 3.46. The molecule has 5 nitrogen and oxygen atoms in total. The van der Waals surface area contributed by atoms with E-state index in [1.807, 2.05) is 19.2 Å². The molecule has 0 aliphatic rings. The molecule has 0 N–H and O–H groups in total. The van der Waals surface area contributed by atoms with E-state index < -0.39 is 10.0 Å². The van der Waals surface area contributed by atoms with E-state index in [4.69, 9.17) is 0 Å². The first-order chi connectivity index (χ1) is 8.39. The highest BCUT2D eigenvalue weighted by Gasteiger charge is 2.22. The van der Waals surface area contributed by atoms with Crippen molar-refractivity contribution in [2.24, 2.45) is 7.05 Å². The summed E-state index contributed by atoms with van der Waals surface area (Å²) >= 11 is 1.29. The van der Waals surface area contributed by atoms with Crippen LogP contribution >= 0.6 is 11.3 Å². The Balaban J connectivity index is 2.20. The topological polar surface area (TPSA) is 55.2 Å². The molecule has 0 atom stereocenters. The predicted molar refractivity (Wildman–Crippen MR) is 70.9 cm³/mol. The number of sulfonamides is 1. The molecular weight excluding hydrogens is 270 g/mol. The average Bonchev–Trinajstić information content (AvgIpc) is 2.88. The molecule has 0 fully saturated rings. The van der Waals surface area contributed by atoms with Gasteiger partial charge in [-0.2, -0.15) is 9.40 Å². The lowest BCUT2D eigenvalue weighted by atomic mass is 10.4. The minimum atomic E-state index is -3.39. The number of hydrogen-bond acceptors (Lipinski definition) is 4. The van der Waals surface area contributed by atoms with Gasteiger partial charge in [-0.05, 0) is 19.1 Å². The molecule has 0 radical (unpaired) electrons. The molecule has 0 saturated heterocycles. The van der Waals surface area contributed by atoms with E-state index >= 15 is 0 Å². The Morgan fingerprint density at radius 3 is 2.67 bits per heavy atom. The molecule has 0 aliphatic carbocycles. The molecular formula is C11H15N3O2S2. The van der Waals surface area contributed by atoms with Crippen LogP contribution in [0.15, 0.2) is 28.7 Å². The molecule has 2 aromatic rings. The molecule has 0 unspecified atom stereocenters. The second kappa shape index (κ2) is 4.83. The summed E-state index contributed by atoms with van der Waals surface area (Å²) in [4.78, 5) is 0.989. The first-order valence-corrected chi connectivity index (χ1v) is 7.65. The highest BCUT2D eigenvalue weighted by atomic mass is 32.2. The molecule has 7 heteroatoms. The second-order valence-corrected chi connectivity index (χ2v) is 7.71. The minimum Gasteiger partial charge on any atom is -0.275 e. The molecule has 0 aliphatic heterocycles. The van der Waals surface area contributed by atoms with E-state index in [0.29, 0.717) is 10.8 Å². The highest BCUT2D eigenvalue weighted by Crippen LogP contribution is 2.24. The second-order valence-electron chi connectivity index (χ2n) is 4.15. The molecule has 98 valence electrons. The fourth-order valence-corrected chi connectivity index (χ4v) is 4.25. The molecule has 2 rings (SSSR count). The zero-order valence-corrected chi connectivity index (χ0v) is 12.1. The summed E-state index contributed by atoms with van der Waals surface area (Å²) in [5.74, 6) is 0. The van der Waals surface area contributed by atoms with Crippen molar-refractivity contribution in [1.29, 1.82) is 0 Å². The van der Waals surface area contributed by atoms with Crippen molar-refractivity contribution in [1.82, 2.24) is 14.1 Å². The summed E-state index contributed by atoms with van der Waals surface area (Å²) in [7, 11) is -0.00535. The summed E-state index contributed by atoms with van der Waals surface area (Å²) < 4.78 is 27.9. The Bertz CT molecular complexity index is 643. The van der Waals surface area contributed by atoms with Gasteiger partial charge in [0.15, 0.2) is 0 Å². The van der Waals surface area contributed by atoms with Crippen LogP contribution in [0.3, 0.4) is 0 Å². The standard InChI is InChI=1S/C11H15N3O2S2/c1-9-4-5-11(17-9)18(15,16)14(3)8-10-6-12-13(2)7-10/h4-7H,8H2,1-3H3. The Morgan fingerprint density at radius 1 is 1.44 bits per heavy atom. The number of rotatable bonds is 4. The van der Waals surface area contributed by atoms with Crippen molar-refractivity contribution in [2.75, 3.05) is 7.05 Å². The minimum absolute atomic E-state index is 0.327. The summed E-state index contributed by atoms with van der Waals surface area (Å²) in [5, 5.41) is 4.03. The van der Waals surface area contributed by atoms with Crippen molar-refractivity contribution in [3.05, 3.63) is 35.0 Å². The smallest absolute Gasteiger partial charge is 0.252 e. The van der Waals surface area contributed by atoms with Gasteiger partial charge in [-0.3, -0.25) is 4.68 Å². The molecule has 0 bridgehead atoms. The van der Waals surface area contributed by atoms with Crippen LogP contribution in [0.1, 0.15) is 10.4 Å². The predicted octanol–water partition coefficient (Wildman–Crippen LogP) is 1.61. The summed E-state index contributed by atoms with van der Waals surface area (Å²) in [6.45, 7) is 2.22. The van der Waals surface area contributed by atoms with Gasteiger partial charge in [-0.15, -0.1) is 11.3 Å². The van der Waals surface area contributed by atoms with Gasteiger partial charge in [-0.25, -0.2) is 8.42 Å². The third kappa shape index (κ3) is 2.63. The van der Waals surface area contributed by atoms with Crippen LogP contribution in [0.5, 0.6) is 0 Å². The van der Waals surface area contributed by atoms with Crippen molar-refractivity contribution in [2.45, 2.75) is 17.7 Å². The zero-order chi connectivity index (χ0) is 13.3. The SMILES string of the molecule is Cc1ccc(S(=O)(=O)N(C)Cc2cnn(C)c2)s1. The summed E-state index contributed by atoms with van der Waals surface area (Å²) in [6.07, 6.45) is 3.48. The van der Waals surface area contributed by atoms with Crippen molar-refractivity contribution >= 4 is 21.4 Å². The van der Waals surface area contributed by atoms with Gasteiger partial charge in [0, 0.05) is 37.3 Å². The molecule has 0 saturated carbocycles. The van der Waals surface area contributed by atoms with Crippen LogP contribution in [0, 0.1) is 6.92 Å². The largest absolute Gasteiger partial charge is 0.275 e. The third-order valence-corrected chi connectivity index (χ3v) is 5.82. The monoisotopic (exact) mass is 285 g/mol. The lowest BCUT2D eigenvalue weighted by Crippen LogP contribution is -2.25. The van der Waals surface area contributed by atoms with Crippen LogP contribution < -0.4 is 0 Å². The van der Waals surface area contributed by atoms with Crippen LogP contribution in [0.2, 0.25) is 0 Å². The molecule has 0 spiro atoms. The van der Waals surface area contributed by atoms with Crippen molar-refractivity contribution in [3.63, 3.8) is 0 Å². The molecule has 2 heterocycles. The number of aryl methyl sites for hydroxylation is 2. The maximum atomic E-state index is 12.3. The van der Waals surface area contributed by atoms with Gasteiger partial charge in [0.1, 0.15) is 4.21 Å². The molecule has 0 amide bonds. The molecule has 2 aromatic heterocycles. The average molecular weight is 285 g/mol. The third-order valence-electron chi connectivity index (χ3n) is 2.54. The quantitative estimate of drug-likeness (QED) is 0.857. The zero-order valence-electron chi connectivity index (χ0n) is 10.5. The number of thiophene rings is 1. The van der Waals surface area contributed by atoms with Gasteiger partial charge >= 0.3 is 0 Å². The van der Waals surface area contributed by atoms with Gasteiger partial charge < -0.3 is 0 Å². The van der Waals surface area contributed by atoms with Gasteiger partial charge in [-0.1, -0.05) is 0 Å². The van der Waals surface area contributed by atoms with E-state index in [1.54, 1.807) is 31.0 Å². The van der Waals surface area contributed by atoms with Gasteiger partial charge in [0.05, 0.1) is 6.20 Å². The fourth-order valence-electron chi connectivity index (χ4n) is 1.60. The highest BCUT2D eigenvalue weighted by molar-refractivity contribution is 7.91. The Morgan fingerprint density at radius 2 is 2.17 bits per heavy atom. The van der Waals surface area contributed by atoms with Crippen molar-refractivity contribution < 1.29 is 8.42 Å². The Hall–Kier alpha value is -1.18. The van der Waals surface area contributed by atoms with Crippen LogP contribution in [0.25, 0.3) is 0 Å². The molecule has 0 aromatic carbocycles. The van der Waals surface area contributed by atoms with Crippen LogP contribution in [-0.2, 0) is 23.6 Å². The van der Waals surface area contributed by atoms with Crippen LogP contribution in [0.4, 0.5) is 0 Å². The van der Waals surface area contributed by atoms with Gasteiger partial charge in [0.2, 0.25) is 0 Å². The summed E-state index contributed by atoms with van der Waals surface area (Å²) in [5.41, 5.74) is 0.872. The Kier molecular flexibility index (Phi) is 3.56. The van der Waals surface area contributed by atoms with E-state index in [2.05, 4.69) is 5.10 Å². The molecule has 18 heavy (non-hydrogen) atoms. The van der Waals surface area contributed by atoms with E-state index in [-0.39, 0.29) is 0 Å². The number of aromatic nitrogens is 2. The number of nitrogens with zero attached hydrogens (tertiary/aromatic N) is 3. The normalized spacial score (nSPS) is 12.2. The maximum absolute atomic E-state index is 12.3. The van der Waals surface area contributed by atoms with Crippen molar-refractivity contribution in [3.8, 4) is 0 Å². The van der Waals surface area contributed by atoms with E-state index in [0.717, 1.165) is 10.4 Å². The first-order valence-electron chi connectivity index (χ1n) is 5.40. The lowest BCUT2D eigenvalue weighted by Gasteiger charge is -2.14. The number of hydrogen-bond donors (Lipinski definition) is 0. The van der Waals surface area contributed by atoms with Gasteiger partial charge in [0.25, 0.3) is 10.0 Å². The Labute approximate surface area is 111 Å². The fraction of sp³-hybridized carbons (Fsp3) is 0.364. The van der Waals surface area contributed by atoms with Crippen LogP contribution in [-0.4, -0.2) is 29.6 Å². The van der Waals surface area contributed by atoms with E-state index in [1.165, 1.54) is 15.6 Å². The lowest BCUT2D eigenvalue weighted by molar-refractivity contribution is 0.468. The maximum Gasteiger partial charge on any atom is 0.252 e. The van der Waals surface area contributed by atoms with E-state index in [9.17, 15) is 8.42 Å².